The first-order valence-electron chi connectivity index (χ1n) is 9.05. The standard InChI is InChI=1S/C20H18ClN7O2/c1-26-17-16(18(29)27(2)20(26)30)28(12-14-3-5-15(21)6-4-14)19(24-17)25-23-11-13-7-9-22-10-8-13/h3-11H,12H2,1-2H3,(H,24,25)/b23-11+. The first kappa shape index (κ1) is 19.6. The Hall–Kier alpha value is -3.72. The van der Waals surface area contributed by atoms with E-state index in [4.69, 9.17) is 11.6 Å². The van der Waals surface area contributed by atoms with Gasteiger partial charge in [-0.2, -0.15) is 10.1 Å². The summed E-state index contributed by atoms with van der Waals surface area (Å²) in [6, 6.07) is 10.9. The van der Waals surface area contributed by atoms with Crippen molar-refractivity contribution in [3.05, 3.63) is 85.8 Å². The van der Waals surface area contributed by atoms with Crippen molar-refractivity contribution in [1.82, 2.24) is 23.7 Å². The molecule has 0 atom stereocenters. The van der Waals surface area contributed by atoms with Crippen LogP contribution in [0.1, 0.15) is 11.1 Å². The van der Waals surface area contributed by atoms with Crippen LogP contribution in [0.4, 0.5) is 5.95 Å². The Balaban J connectivity index is 1.83. The summed E-state index contributed by atoms with van der Waals surface area (Å²) < 4.78 is 4.10. The second kappa shape index (κ2) is 7.96. The van der Waals surface area contributed by atoms with Crippen molar-refractivity contribution in [3.63, 3.8) is 0 Å². The molecule has 0 amide bonds. The molecular weight excluding hydrogens is 406 g/mol. The molecule has 0 saturated heterocycles. The summed E-state index contributed by atoms with van der Waals surface area (Å²) in [6.07, 6.45) is 4.94. The molecule has 3 aromatic heterocycles. The van der Waals surface area contributed by atoms with Gasteiger partial charge in [-0.25, -0.2) is 10.2 Å². The SMILES string of the molecule is Cn1c(=O)c2c(nc(N/N=C/c3ccncc3)n2Cc2ccc(Cl)cc2)n(C)c1=O. The van der Waals surface area contributed by atoms with E-state index in [0.717, 1.165) is 15.7 Å². The van der Waals surface area contributed by atoms with E-state index >= 15 is 0 Å². The van der Waals surface area contributed by atoms with Crippen molar-refractivity contribution in [2.75, 3.05) is 5.43 Å². The smallest absolute Gasteiger partial charge is 0.298 e. The Labute approximate surface area is 175 Å². The molecule has 30 heavy (non-hydrogen) atoms. The number of aryl methyl sites for hydroxylation is 1. The highest BCUT2D eigenvalue weighted by atomic mass is 35.5. The Morgan fingerprint density at radius 3 is 2.47 bits per heavy atom. The summed E-state index contributed by atoms with van der Waals surface area (Å²) >= 11 is 5.98. The minimum Gasteiger partial charge on any atom is -0.298 e. The van der Waals surface area contributed by atoms with E-state index in [-0.39, 0.29) is 5.65 Å². The molecule has 0 bridgehead atoms. The number of pyridine rings is 1. The average Bonchev–Trinajstić information content (AvgIpc) is 3.11. The van der Waals surface area contributed by atoms with E-state index in [9.17, 15) is 9.59 Å². The van der Waals surface area contributed by atoms with E-state index in [1.807, 2.05) is 12.1 Å². The van der Waals surface area contributed by atoms with Crippen LogP contribution in [-0.4, -0.2) is 29.9 Å². The molecule has 1 aromatic carbocycles. The van der Waals surface area contributed by atoms with Crippen molar-refractivity contribution in [3.8, 4) is 0 Å². The molecule has 0 unspecified atom stereocenters. The molecule has 0 aliphatic heterocycles. The van der Waals surface area contributed by atoms with Gasteiger partial charge in [0, 0.05) is 31.5 Å². The van der Waals surface area contributed by atoms with Gasteiger partial charge in [0.1, 0.15) is 0 Å². The number of nitrogens with one attached hydrogen (secondary N) is 1. The van der Waals surface area contributed by atoms with Crippen LogP contribution in [0.15, 0.2) is 63.5 Å². The third-order valence-corrected chi connectivity index (χ3v) is 4.94. The van der Waals surface area contributed by atoms with Gasteiger partial charge < -0.3 is 0 Å². The lowest BCUT2D eigenvalue weighted by atomic mass is 10.2. The van der Waals surface area contributed by atoms with Crippen LogP contribution in [0, 0.1) is 0 Å². The highest BCUT2D eigenvalue weighted by Crippen LogP contribution is 2.19. The fourth-order valence-electron chi connectivity index (χ4n) is 3.07. The van der Waals surface area contributed by atoms with Gasteiger partial charge >= 0.3 is 5.69 Å². The molecule has 0 spiro atoms. The topological polar surface area (TPSA) is 99.1 Å². The molecular formula is C20H18ClN7O2. The first-order chi connectivity index (χ1) is 14.5. The molecule has 0 fully saturated rings. The number of hydrogen-bond donors (Lipinski definition) is 1. The number of halogens is 1. The zero-order valence-electron chi connectivity index (χ0n) is 16.3. The monoisotopic (exact) mass is 423 g/mol. The number of anilines is 1. The number of benzene rings is 1. The molecule has 152 valence electrons. The molecule has 0 aliphatic carbocycles. The Bertz CT molecular complexity index is 1350. The zero-order chi connectivity index (χ0) is 21.3. The lowest BCUT2D eigenvalue weighted by Gasteiger charge is -2.09. The number of aromatic nitrogens is 5. The maximum atomic E-state index is 12.9. The molecule has 10 heteroatoms. The van der Waals surface area contributed by atoms with E-state index < -0.39 is 11.2 Å². The number of imidazole rings is 1. The molecule has 3 heterocycles. The van der Waals surface area contributed by atoms with Crippen molar-refractivity contribution in [1.29, 1.82) is 0 Å². The summed E-state index contributed by atoms with van der Waals surface area (Å²) in [5, 5.41) is 4.84. The lowest BCUT2D eigenvalue weighted by Crippen LogP contribution is -2.37. The van der Waals surface area contributed by atoms with Gasteiger partial charge in [-0.05, 0) is 35.4 Å². The largest absolute Gasteiger partial charge is 0.332 e. The second-order valence-corrected chi connectivity index (χ2v) is 7.11. The van der Waals surface area contributed by atoms with Gasteiger partial charge in [-0.3, -0.25) is 23.5 Å². The maximum absolute atomic E-state index is 12.9. The molecule has 0 radical (unpaired) electrons. The van der Waals surface area contributed by atoms with Crippen molar-refractivity contribution in [2.24, 2.45) is 19.2 Å². The fourth-order valence-corrected chi connectivity index (χ4v) is 3.20. The third-order valence-electron chi connectivity index (χ3n) is 4.69. The van der Waals surface area contributed by atoms with Crippen LogP contribution in [0.3, 0.4) is 0 Å². The van der Waals surface area contributed by atoms with Crippen molar-refractivity contribution in [2.45, 2.75) is 6.54 Å². The summed E-state index contributed by atoms with van der Waals surface area (Å²) in [7, 11) is 3.02. The maximum Gasteiger partial charge on any atom is 0.332 e. The normalized spacial score (nSPS) is 11.4. The predicted octanol–water partition coefficient (Wildman–Crippen LogP) is 1.98. The predicted molar refractivity (Wildman–Crippen MR) is 116 cm³/mol. The van der Waals surface area contributed by atoms with E-state index in [0.29, 0.717) is 23.0 Å². The number of rotatable bonds is 5. The third kappa shape index (κ3) is 3.62. The minimum absolute atomic E-state index is 0.277. The highest BCUT2D eigenvalue weighted by Gasteiger charge is 2.19. The molecule has 0 aliphatic rings. The fraction of sp³-hybridized carbons (Fsp3) is 0.150. The van der Waals surface area contributed by atoms with E-state index in [1.165, 1.54) is 11.6 Å². The summed E-state index contributed by atoms with van der Waals surface area (Å²) in [4.78, 5) is 33.6. The first-order valence-corrected chi connectivity index (χ1v) is 9.43. The average molecular weight is 424 g/mol. The van der Waals surface area contributed by atoms with Crippen LogP contribution >= 0.6 is 11.6 Å². The summed E-state index contributed by atoms with van der Waals surface area (Å²) in [5.74, 6) is 0.337. The van der Waals surface area contributed by atoms with Gasteiger partial charge in [-0.15, -0.1) is 0 Å². The molecule has 1 N–H and O–H groups in total. The summed E-state index contributed by atoms with van der Waals surface area (Å²) in [5.41, 5.74) is 4.35. The van der Waals surface area contributed by atoms with Gasteiger partial charge in [0.2, 0.25) is 5.95 Å². The van der Waals surface area contributed by atoms with Crippen molar-refractivity contribution < 1.29 is 0 Å². The summed E-state index contributed by atoms with van der Waals surface area (Å²) in [6.45, 7) is 0.341. The molecule has 0 saturated carbocycles. The minimum atomic E-state index is -0.449. The number of nitrogens with zero attached hydrogens (tertiary/aromatic N) is 6. The van der Waals surface area contributed by atoms with Crippen LogP contribution in [-0.2, 0) is 20.6 Å². The van der Waals surface area contributed by atoms with Crippen LogP contribution in [0.5, 0.6) is 0 Å². The van der Waals surface area contributed by atoms with Crippen LogP contribution in [0.2, 0.25) is 5.02 Å². The molecule has 9 nitrogen and oxygen atoms in total. The number of hydrazone groups is 1. The van der Waals surface area contributed by atoms with Gasteiger partial charge in [0.15, 0.2) is 11.2 Å². The highest BCUT2D eigenvalue weighted by molar-refractivity contribution is 6.30. The van der Waals surface area contributed by atoms with Crippen LogP contribution in [0.25, 0.3) is 11.2 Å². The quantitative estimate of drug-likeness (QED) is 0.391. The van der Waals surface area contributed by atoms with E-state index in [2.05, 4.69) is 20.5 Å². The molecule has 4 aromatic rings. The van der Waals surface area contributed by atoms with Gasteiger partial charge in [0.05, 0.1) is 12.8 Å². The number of fused-ring (bicyclic) bond motifs is 1. The Morgan fingerprint density at radius 2 is 1.77 bits per heavy atom. The Kier molecular flexibility index (Phi) is 5.20. The van der Waals surface area contributed by atoms with Crippen LogP contribution < -0.4 is 16.7 Å². The van der Waals surface area contributed by atoms with Crippen molar-refractivity contribution >= 4 is 34.9 Å². The van der Waals surface area contributed by atoms with Gasteiger partial charge in [0.25, 0.3) is 5.56 Å². The molecule has 4 rings (SSSR count). The number of hydrogen-bond acceptors (Lipinski definition) is 6. The second-order valence-electron chi connectivity index (χ2n) is 6.68. The van der Waals surface area contributed by atoms with Gasteiger partial charge in [-0.1, -0.05) is 23.7 Å². The Morgan fingerprint density at radius 1 is 1.07 bits per heavy atom. The lowest BCUT2D eigenvalue weighted by molar-refractivity contribution is 0.702. The van der Waals surface area contributed by atoms with E-state index in [1.54, 1.807) is 54.5 Å². The zero-order valence-corrected chi connectivity index (χ0v) is 17.0.